The number of nitrogens with zero attached hydrogens (tertiary/aromatic N) is 1. The molecule has 1 heterocycles. The Labute approximate surface area is 116 Å². The van der Waals surface area contributed by atoms with Gasteiger partial charge in [0.05, 0.1) is 6.04 Å². The number of carboxylic acids is 1. The van der Waals surface area contributed by atoms with Crippen LogP contribution in [0.1, 0.15) is 12.8 Å². The molecule has 1 aliphatic heterocycles. The molecule has 2 unspecified atom stereocenters. The third kappa shape index (κ3) is 4.66. The first-order chi connectivity index (χ1) is 8.73. The number of sulfone groups is 1. The zero-order valence-corrected chi connectivity index (χ0v) is 12.2. The molecular formula is C10H18N2O5S2. The third-order valence-electron chi connectivity index (χ3n) is 2.85. The predicted octanol–water partition coefficient (Wildman–Crippen LogP) is -0.875. The summed E-state index contributed by atoms with van der Waals surface area (Å²) in [5, 5.41) is 7.69. The fourth-order valence-corrected chi connectivity index (χ4v) is 4.63. The van der Waals surface area contributed by atoms with Gasteiger partial charge in [0.2, 0.25) is 5.91 Å². The summed E-state index contributed by atoms with van der Waals surface area (Å²) in [4.78, 5) is 23.8. The quantitative estimate of drug-likeness (QED) is 0.677. The van der Waals surface area contributed by atoms with Crippen molar-refractivity contribution >= 4 is 33.5 Å². The molecule has 7 nitrogen and oxygen atoms in total. The molecule has 0 bridgehead atoms. The maximum Gasteiger partial charge on any atom is 0.303 e. The van der Waals surface area contributed by atoms with Crippen LogP contribution >= 0.6 is 11.8 Å². The Morgan fingerprint density at radius 1 is 1.53 bits per heavy atom. The fourth-order valence-electron chi connectivity index (χ4n) is 1.80. The van der Waals surface area contributed by atoms with Crippen LogP contribution in [0.25, 0.3) is 0 Å². The number of aliphatic carboxylic acids is 1. The molecule has 2 atom stereocenters. The van der Waals surface area contributed by atoms with E-state index in [1.807, 2.05) is 0 Å². The van der Waals surface area contributed by atoms with Crippen LogP contribution in [0.2, 0.25) is 0 Å². The fraction of sp³-hybridized carbons (Fsp3) is 0.800. The van der Waals surface area contributed by atoms with Gasteiger partial charge in [-0.25, -0.2) is 8.42 Å². The van der Waals surface area contributed by atoms with Gasteiger partial charge in [-0.05, 0) is 6.42 Å². The normalized spacial score (nSPS) is 22.0. The Morgan fingerprint density at radius 2 is 2.16 bits per heavy atom. The second-order valence-corrected chi connectivity index (χ2v) is 7.78. The van der Waals surface area contributed by atoms with Crippen molar-refractivity contribution in [2.75, 3.05) is 24.3 Å². The standard InChI is InChI=1S/C10H18N2O5S2/c1-19(16,17)8-6-18-5-4-12(8)10(15)7(11)2-3-9(13)14/h7-8H,2-6,11H2,1H3,(H,13,14). The molecule has 0 aromatic carbocycles. The van der Waals surface area contributed by atoms with E-state index in [0.29, 0.717) is 18.1 Å². The molecule has 0 aromatic heterocycles. The van der Waals surface area contributed by atoms with Crippen LogP contribution in [-0.2, 0) is 19.4 Å². The van der Waals surface area contributed by atoms with Crippen molar-refractivity contribution in [3.05, 3.63) is 0 Å². The maximum absolute atomic E-state index is 12.1. The van der Waals surface area contributed by atoms with Crippen LogP contribution in [0.5, 0.6) is 0 Å². The van der Waals surface area contributed by atoms with Gasteiger partial charge in [-0.15, -0.1) is 0 Å². The lowest BCUT2D eigenvalue weighted by Crippen LogP contribution is -2.54. The first-order valence-electron chi connectivity index (χ1n) is 5.78. The van der Waals surface area contributed by atoms with Crippen molar-refractivity contribution in [1.82, 2.24) is 4.90 Å². The monoisotopic (exact) mass is 310 g/mol. The van der Waals surface area contributed by atoms with Crippen LogP contribution in [0.15, 0.2) is 0 Å². The number of carboxylic acid groups (broad SMARTS) is 1. The number of hydrogen-bond acceptors (Lipinski definition) is 6. The molecule has 110 valence electrons. The van der Waals surface area contributed by atoms with Crippen molar-refractivity contribution in [3.63, 3.8) is 0 Å². The van der Waals surface area contributed by atoms with Crippen LogP contribution < -0.4 is 5.73 Å². The van der Waals surface area contributed by atoms with Gasteiger partial charge in [-0.2, -0.15) is 11.8 Å². The molecule has 3 N–H and O–H groups in total. The van der Waals surface area contributed by atoms with Crippen molar-refractivity contribution in [3.8, 4) is 0 Å². The number of hydrogen-bond donors (Lipinski definition) is 2. The molecule has 1 saturated heterocycles. The van der Waals surface area contributed by atoms with Crippen molar-refractivity contribution in [2.24, 2.45) is 5.73 Å². The summed E-state index contributed by atoms with van der Waals surface area (Å²) in [6, 6.07) is -0.969. The third-order valence-corrected chi connectivity index (χ3v) is 5.49. The highest BCUT2D eigenvalue weighted by Crippen LogP contribution is 2.21. The summed E-state index contributed by atoms with van der Waals surface area (Å²) in [7, 11) is -3.37. The summed E-state index contributed by atoms with van der Waals surface area (Å²) < 4.78 is 23.3. The molecule has 0 saturated carbocycles. The lowest BCUT2D eigenvalue weighted by molar-refractivity contribution is -0.137. The van der Waals surface area contributed by atoms with Gasteiger partial charge in [-0.1, -0.05) is 0 Å². The molecule has 0 radical (unpaired) electrons. The minimum Gasteiger partial charge on any atom is -0.481 e. The second kappa shape index (κ2) is 6.58. The zero-order chi connectivity index (χ0) is 14.6. The Hall–Kier alpha value is -0.800. The molecule has 9 heteroatoms. The largest absolute Gasteiger partial charge is 0.481 e. The van der Waals surface area contributed by atoms with Crippen LogP contribution in [0.3, 0.4) is 0 Å². The number of amides is 1. The van der Waals surface area contributed by atoms with Crippen LogP contribution in [0, 0.1) is 0 Å². The number of carbonyl (C=O) groups is 2. The minimum absolute atomic E-state index is 0.00823. The maximum atomic E-state index is 12.1. The predicted molar refractivity (Wildman–Crippen MR) is 72.5 cm³/mol. The van der Waals surface area contributed by atoms with Gasteiger partial charge in [0.15, 0.2) is 9.84 Å². The van der Waals surface area contributed by atoms with E-state index in [9.17, 15) is 18.0 Å². The molecule has 1 aliphatic rings. The smallest absolute Gasteiger partial charge is 0.303 e. The highest BCUT2D eigenvalue weighted by Gasteiger charge is 2.36. The van der Waals surface area contributed by atoms with E-state index in [4.69, 9.17) is 10.8 Å². The average molecular weight is 310 g/mol. The topological polar surface area (TPSA) is 118 Å². The number of nitrogens with two attached hydrogens (primary N) is 1. The van der Waals surface area contributed by atoms with Gasteiger partial charge < -0.3 is 15.7 Å². The van der Waals surface area contributed by atoms with Crippen molar-refractivity contribution < 1.29 is 23.1 Å². The Bertz CT molecular complexity index is 451. The van der Waals surface area contributed by atoms with Gasteiger partial charge >= 0.3 is 5.97 Å². The first-order valence-corrected chi connectivity index (χ1v) is 8.89. The van der Waals surface area contributed by atoms with E-state index in [2.05, 4.69) is 0 Å². The van der Waals surface area contributed by atoms with Crippen LogP contribution in [-0.4, -0.2) is 66.0 Å². The Balaban J connectivity index is 2.74. The van der Waals surface area contributed by atoms with Crippen molar-refractivity contribution in [1.29, 1.82) is 0 Å². The van der Waals surface area contributed by atoms with E-state index >= 15 is 0 Å². The number of thioether (sulfide) groups is 1. The molecule has 1 rings (SSSR count). The van der Waals surface area contributed by atoms with E-state index in [1.165, 1.54) is 16.7 Å². The van der Waals surface area contributed by atoms with Crippen molar-refractivity contribution in [2.45, 2.75) is 24.3 Å². The molecule has 0 aromatic rings. The summed E-state index contributed by atoms with van der Waals surface area (Å²) in [5.41, 5.74) is 5.65. The second-order valence-electron chi connectivity index (χ2n) is 4.43. The van der Waals surface area contributed by atoms with Gasteiger partial charge in [-0.3, -0.25) is 9.59 Å². The summed E-state index contributed by atoms with van der Waals surface area (Å²) in [6.45, 7) is 0.321. The van der Waals surface area contributed by atoms with E-state index < -0.39 is 33.1 Å². The molecular weight excluding hydrogens is 292 g/mol. The lowest BCUT2D eigenvalue weighted by Gasteiger charge is -2.35. The molecule has 0 spiro atoms. The first kappa shape index (κ1) is 16.3. The number of rotatable bonds is 5. The molecule has 1 fully saturated rings. The van der Waals surface area contributed by atoms with Crippen LogP contribution in [0.4, 0.5) is 0 Å². The minimum atomic E-state index is -3.37. The van der Waals surface area contributed by atoms with E-state index in [-0.39, 0.29) is 12.8 Å². The summed E-state index contributed by atoms with van der Waals surface area (Å²) >= 11 is 1.47. The SMILES string of the molecule is CS(=O)(=O)C1CSCCN1C(=O)C(N)CCC(=O)O. The number of carbonyl (C=O) groups excluding carboxylic acids is 1. The highest BCUT2D eigenvalue weighted by molar-refractivity contribution is 8.00. The summed E-state index contributed by atoms with van der Waals surface area (Å²) in [6.07, 6.45) is 0.889. The average Bonchev–Trinajstić information content (AvgIpc) is 2.34. The molecule has 1 amide bonds. The Morgan fingerprint density at radius 3 is 2.68 bits per heavy atom. The lowest BCUT2D eigenvalue weighted by atomic mass is 10.1. The summed E-state index contributed by atoms with van der Waals surface area (Å²) in [5.74, 6) is -0.534. The Kier molecular flexibility index (Phi) is 5.63. The zero-order valence-electron chi connectivity index (χ0n) is 10.6. The van der Waals surface area contributed by atoms with E-state index in [0.717, 1.165) is 6.26 Å². The molecule has 0 aliphatic carbocycles. The molecule has 19 heavy (non-hydrogen) atoms. The van der Waals surface area contributed by atoms with Gasteiger partial charge in [0.1, 0.15) is 5.37 Å². The van der Waals surface area contributed by atoms with Gasteiger partial charge in [0.25, 0.3) is 0 Å². The van der Waals surface area contributed by atoms with Gasteiger partial charge in [0, 0.05) is 30.7 Å². The van der Waals surface area contributed by atoms with E-state index in [1.54, 1.807) is 0 Å². The highest BCUT2D eigenvalue weighted by atomic mass is 32.2.